The molecule has 0 saturated carbocycles. The molecule has 0 radical (unpaired) electrons. The van der Waals surface area contributed by atoms with E-state index in [2.05, 4.69) is 158 Å². The molecular weight excluding hydrogens is 651 g/mol. The molecule has 2 N–H and O–H groups in total. The van der Waals surface area contributed by atoms with Crippen molar-refractivity contribution < 1.29 is 10.0 Å². The Kier molecular flexibility index (Phi) is 7.29. The predicted octanol–water partition coefficient (Wildman–Crippen LogP) is 11.9. The van der Waals surface area contributed by atoms with Crippen LogP contribution < -0.4 is 5.46 Å². The molecule has 10 rings (SSSR count). The third-order valence-corrected chi connectivity index (χ3v) is 11.7. The average Bonchev–Trinajstić information content (AvgIpc) is 3.59. The Hall–Kier alpha value is -6.04. The van der Waals surface area contributed by atoms with Crippen molar-refractivity contribution in [3.63, 3.8) is 0 Å². The van der Waals surface area contributed by atoms with Crippen molar-refractivity contribution >= 4 is 76.4 Å². The average molecular weight is 683 g/mol. The first-order valence-electron chi connectivity index (χ1n) is 17.6. The van der Waals surface area contributed by atoms with Gasteiger partial charge >= 0.3 is 7.12 Å². The number of hydrogen-bond acceptors (Lipinski definition) is 3. The van der Waals surface area contributed by atoms with Gasteiger partial charge < -0.3 is 10.0 Å². The lowest BCUT2D eigenvalue weighted by molar-refractivity contribution is 0.426. The Balaban J connectivity index is 1.25. The Bertz CT molecular complexity index is 2980. The minimum Gasteiger partial charge on any atom is -0.423 e. The fourth-order valence-corrected chi connectivity index (χ4v) is 9.57. The highest BCUT2D eigenvalue weighted by Gasteiger charge is 2.27. The van der Waals surface area contributed by atoms with Crippen LogP contribution in [0.3, 0.4) is 0 Å². The van der Waals surface area contributed by atoms with Gasteiger partial charge in [0.1, 0.15) is 0 Å². The van der Waals surface area contributed by atoms with Crippen molar-refractivity contribution in [3.8, 4) is 44.5 Å². The minimum absolute atomic E-state index is 0.552. The summed E-state index contributed by atoms with van der Waals surface area (Å²) in [4.78, 5) is 0. The number of thiophene rings is 1. The van der Waals surface area contributed by atoms with E-state index in [0.717, 1.165) is 53.2 Å². The molecule has 0 fully saturated rings. The van der Waals surface area contributed by atoms with Gasteiger partial charge in [-0.3, -0.25) is 0 Å². The van der Waals surface area contributed by atoms with E-state index in [1.54, 1.807) is 11.3 Å². The lowest BCUT2D eigenvalue weighted by Gasteiger charge is -2.19. The van der Waals surface area contributed by atoms with Crippen LogP contribution in [0.2, 0.25) is 0 Å². The van der Waals surface area contributed by atoms with E-state index in [1.165, 1.54) is 43.8 Å². The van der Waals surface area contributed by atoms with E-state index in [4.69, 9.17) is 0 Å². The maximum absolute atomic E-state index is 11.1. The van der Waals surface area contributed by atoms with Gasteiger partial charge in [0.15, 0.2) is 0 Å². The van der Waals surface area contributed by atoms with E-state index in [-0.39, 0.29) is 0 Å². The van der Waals surface area contributed by atoms with E-state index >= 15 is 0 Å². The molecule has 2 nitrogen and oxygen atoms in total. The highest BCUT2D eigenvalue weighted by Crippen LogP contribution is 2.46. The molecule has 0 amide bonds. The van der Waals surface area contributed by atoms with E-state index in [0.29, 0.717) is 5.46 Å². The van der Waals surface area contributed by atoms with Crippen molar-refractivity contribution in [2.75, 3.05) is 0 Å². The van der Waals surface area contributed by atoms with Gasteiger partial charge in [-0.25, -0.2) is 0 Å². The Morgan fingerprint density at radius 1 is 0.346 bits per heavy atom. The summed E-state index contributed by atoms with van der Waals surface area (Å²) in [6.07, 6.45) is 0. The second kappa shape index (κ2) is 12.3. The van der Waals surface area contributed by atoms with Gasteiger partial charge in [0.05, 0.1) is 0 Å². The van der Waals surface area contributed by atoms with E-state index < -0.39 is 7.12 Å². The third kappa shape index (κ3) is 4.80. The Morgan fingerprint density at radius 2 is 0.827 bits per heavy atom. The molecule has 4 heteroatoms. The van der Waals surface area contributed by atoms with Crippen molar-refractivity contribution in [1.82, 2.24) is 0 Å². The van der Waals surface area contributed by atoms with Gasteiger partial charge in [0, 0.05) is 25.6 Å². The third-order valence-electron chi connectivity index (χ3n) is 10.5. The van der Waals surface area contributed by atoms with Gasteiger partial charge in [-0.15, -0.1) is 11.3 Å². The largest absolute Gasteiger partial charge is 0.490 e. The highest BCUT2D eigenvalue weighted by atomic mass is 32.1. The molecule has 0 aliphatic rings. The van der Waals surface area contributed by atoms with Crippen LogP contribution >= 0.6 is 11.3 Å². The van der Waals surface area contributed by atoms with Gasteiger partial charge in [-0.05, 0) is 95.0 Å². The Morgan fingerprint density at radius 3 is 1.48 bits per heavy atom. The van der Waals surface area contributed by atoms with Crippen LogP contribution in [0.4, 0.5) is 0 Å². The normalized spacial score (nSPS) is 11.7. The zero-order valence-corrected chi connectivity index (χ0v) is 28.9. The zero-order valence-electron chi connectivity index (χ0n) is 28.1. The first-order valence-corrected chi connectivity index (χ1v) is 18.4. The smallest absolute Gasteiger partial charge is 0.423 e. The van der Waals surface area contributed by atoms with Gasteiger partial charge in [-0.2, -0.15) is 0 Å². The molecule has 10 aromatic rings. The summed E-state index contributed by atoms with van der Waals surface area (Å²) >= 11 is 1.62. The van der Waals surface area contributed by atoms with Crippen molar-refractivity contribution in [2.45, 2.75) is 0 Å². The molecule has 52 heavy (non-hydrogen) atoms. The fraction of sp³-hybridized carbons (Fsp3) is 0. The predicted molar refractivity (Wildman–Crippen MR) is 223 cm³/mol. The van der Waals surface area contributed by atoms with Crippen LogP contribution in [0.25, 0.3) is 97.0 Å². The van der Waals surface area contributed by atoms with E-state index in [1.807, 2.05) is 18.2 Å². The summed E-state index contributed by atoms with van der Waals surface area (Å²) in [6, 6.07) is 62.2. The van der Waals surface area contributed by atoms with Crippen LogP contribution in [-0.2, 0) is 0 Å². The summed E-state index contributed by atoms with van der Waals surface area (Å²) in [6.45, 7) is 0. The number of rotatable bonds is 5. The second-order valence-electron chi connectivity index (χ2n) is 13.4. The van der Waals surface area contributed by atoms with Gasteiger partial charge in [-0.1, -0.05) is 158 Å². The van der Waals surface area contributed by atoms with Crippen LogP contribution in [0, 0.1) is 0 Å². The van der Waals surface area contributed by atoms with Gasteiger partial charge in [0.2, 0.25) is 0 Å². The molecule has 0 spiro atoms. The summed E-state index contributed by atoms with van der Waals surface area (Å²) in [5.74, 6) is 0. The number of hydrogen-bond donors (Lipinski definition) is 2. The van der Waals surface area contributed by atoms with Crippen LogP contribution in [0.5, 0.6) is 0 Å². The summed E-state index contributed by atoms with van der Waals surface area (Å²) in [7, 11) is -1.64. The Labute approximate surface area is 305 Å². The molecular formula is C48H31BO2S. The summed E-state index contributed by atoms with van der Waals surface area (Å²) in [5.41, 5.74) is 9.33. The molecule has 1 heterocycles. The van der Waals surface area contributed by atoms with Crippen molar-refractivity contribution in [3.05, 3.63) is 176 Å². The first-order chi connectivity index (χ1) is 25.7. The second-order valence-corrected chi connectivity index (χ2v) is 14.4. The molecule has 0 aliphatic heterocycles. The highest BCUT2D eigenvalue weighted by molar-refractivity contribution is 7.27. The molecule has 0 unspecified atom stereocenters. The van der Waals surface area contributed by atoms with Crippen LogP contribution in [-0.4, -0.2) is 17.2 Å². The lowest BCUT2D eigenvalue weighted by atomic mass is 9.72. The topological polar surface area (TPSA) is 40.5 Å². The standard InChI is InChI=1S/C48H31BO2S/c50-49(51)47-45(37-22-9-10-23-38(37)46-40-24-11-12-25-42(40)52-48(46)47)34-19-13-18-32(28-34)33-26-27-39-41(29-33)44(31-16-5-2-6-17-31)36-21-8-7-20-35(36)43(39)30-14-3-1-4-15-30/h1-29,50-51H. The molecule has 0 atom stereocenters. The van der Waals surface area contributed by atoms with E-state index in [9.17, 15) is 10.0 Å². The maximum atomic E-state index is 11.1. The minimum atomic E-state index is -1.64. The zero-order chi connectivity index (χ0) is 34.8. The van der Waals surface area contributed by atoms with Crippen molar-refractivity contribution in [1.29, 1.82) is 0 Å². The monoisotopic (exact) mass is 682 g/mol. The van der Waals surface area contributed by atoms with Gasteiger partial charge in [0.25, 0.3) is 0 Å². The maximum Gasteiger partial charge on any atom is 0.490 e. The molecule has 9 aromatic carbocycles. The quantitative estimate of drug-likeness (QED) is 0.140. The molecule has 0 bridgehead atoms. The number of fused-ring (bicyclic) bond motifs is 7. The van der Waals surface area contributed by atoms with Crippen molar-refractivity contribution in [2.24, 2.45) is 0 Å². The molecule has 0 saturated heterocycles. The fourth-order valence-electron chi connectivity index (χ4n) is 8.28. The number of benzene rings is 9. The molecule has 0 aliphatic carbocycles. The SMILES string of the molecule is OB(O)c1c(-c2cccc(-c3ccc4c(-c5ccccc5)c5ccccc5c(-c5ccccc5)c4c3)c2)c2ccccc2c2c1sc1ccccc12. The summed E-state index contributed by atoms with van der Waals surface area (Å²) < 4.78 is 2.04. The summed E-state index contributed by atoms with van der Waals surface area (Å²) in [5, 5.41) is 31.3. The van der Waals surface area contributed by atoms with Crippen LogP contribution in [0.15, 0.2) is 176 Å². The van der Waals surface area contributed by atoms with Crippen LogP contribution in [0.1, 0.15) is 0 Å². The lowest BCUT2D eigenvalue weighted by Crippen LogP contribution is -2.32. The first kappa shape index (κ1) is 30.8. The molecule has 244 valence electrons. The molecule has 1 aromatic heterocycles.